The lowest BCUT2D eigenvalue weighted by Gasteiger charge is -2.30. The van der Waals surface area contributed by atoms with Gasteiger partial charge in [-0.05, 0) is 42.7 Å². The van der Waals surface area contributed by atoms with Crippen molar-refractivity contribution in [1.29, 1.82) is 0 Å². The van der Waals surface area contributed by atoms with Crippen molar-refractivity contribution >= 4 is 33.2 Å². The predicted molar refractivity (Wildman–Crippen MR) is 108 cm³/mol. The van der Waals surface area contributed by atoms with Crippen LogP contribution in [0.1, 0.15) is 24.0 Å². The predicted octanol–water partition coefficient (Wildman–Crippen LogP) is 4.54. The zero-order valence-electron chi connectivity index (χ0n) is 15.8. The molecule has 1 aliphatic rings. The molecule has 1 aliphatic heterocycles. The highest BCUT2D eigenvalue weighted by Crippen LogP contribution is 2.31. The Hall–Kier alpha value is -2.10. The van der Waals surface area contributed by atoms with E-state index >= 15 is 0 Å². The van der Waals surface area contributed by atoms with Crippen LogP contribution >= 0.6 is 11.6 Å². The number of hydrogen-bond acceptors (Lipinski definition) is 3. The topological polar surface area (TPSA) is 66.5 Å². The second-order valence-electron chi connectivity index (χ2n) is 7.09. The van der Waals surface area contributed by atoms with Crippen LogP contribution in [-0.2, 0) is 26.7 Å². The summed E-state index contributed by atoms with van der Waals surface area (Å²) in [7, 11) is -3.60. The minimum absolute atomic E-state index is 0.0589. The van der Waals surface area contributed by atoms with E-state index in [-0.39, 0.29) is 37.4 Å². The van der Waals surface area contributed by atoms with Crippen molar-refractivity contribution in [3.8, 4) is 0 Å². The largest absolute Gasteiger partial charge is 0.416 e. The first kappa shape index (κ1) is 22.6. The molecule has 1 amide bonds. The molecule has 0 spiro atoms. The van der Waals surface area contributed by atoms with Crippen molar-refractivity contribution in [1.82, 2.24) is 4.31 Å². The molecule has 1 fully saturated rings. The Morgan fingerprint density at radius 2 is 1.77 bits per heavy atom. The summed E-state index contributed by atoms with van der Waals surface area (Å²) in [6.45, 7) is 0.320. The molecule has 2 aromatic rings. The zero-order chi connectivity index (χ0) is 21.9. The van der Waals surface area contributed by atoms with Crippen molar-refractivity contribution in [3.05, 3.63) is 64.7 Å². The lowest BCUT2D eigenvalue weighted by Crippen LogP contribution is -2.41. The first-order chi connectivity index (χ1) is 14.1. The number of carbonyl (C=O) groups excluding carboxylic acids is 1. The van der Waals surface area contributed by atoms with Gasteiger partial charge >= 0.3 is 6.18 Å². The number of halogens is 4. The minimum Gasteiger partial charge on any atom is -0.326 e. The normalized spacial score (nSPS) is 16.4. The van der Waals surface area contributed by atoms with Crippen LogP contribution in [-0.4, -0.2) is 31.7 Å². The molecule has 1 saturated heterocycles. The summed E-state index contributed by atoms with van der Waals surface area (Å²) < 4.78 is 65.1. The van der Waals surface area contributed by atoms with E-state index in [4.69, 9.17) is 11.6 Å². The van der Waals surface area contributed by atoms with Crippen LogP contribution in [0.5, 0.6) is 0 Å². The Bertz CT molecular complexity index is 1020. The van der Waals surface area contributed by atoms with E-state index in [2.05, 4.69) is 5.32 Å². The van der Waals surface area contributed by atoms with E-state index in [1.165, 1.54) is 16.4 Å². The third-order valence-electron chi connectivity index (χ3n) is 4.97. The average molecular weight is 461 g/mol. The number of anilines is 1. The fourth-order valence-electron chi connectivity index (χ4n) is 3.32. The number of alkyl halides is 3. The fourth-order valence-corrected chi connectivity index (χ4v) is 5.19. The van der Waals surface area contributed by atoms with Crippen LogP contribution in [0.25, 0.3) is 0 Å². The highest BCUT2D eigenvalue weighted by molar-refractivity contribution is 7.88. The molecular formula is C20H20ClF3N2O3S. The molecule has 1 heterocycles. The maximum atomic E-state index is 12.8. The number of nitrogens with one attached hydrogen (secondary N) is 1. The number of nitrogens with zero attached hydrogens (tertiary/aromatic N) is 1. The quantitative estimate of drug-likeness (QED) is 0.712. The molecule has 30 heavy (non-hydrogen) atoms. The number of rotatable bonds is 5. The fraction of sp³-hybridized carbons (Fsp3) is 0.350. The Kier molecular flexibility index (Phi) is 6.74. The van der Waals surface area contributed by atoms with Gasteiger partial charge in [0.1, 0.15) is 0 Å². The summed E-state index contributed by atoms with van der Waals surface area (Å²) in [6, 6.07) is 11.1. The van der Waals surface area contributed by atoms with Gasteiger partial charge < -0.3 is 5.32 Å². The van der Waals surface area contributed by atoms with Gasteiger partial charge in [0.05, 0.1) is 11.3 Å². The molecule has 0 aromatic heterocycles. The van der Waals surface area contributed by atoms with Gasteiger partial charge in [0, 0.05) is 29.7 Å². The molecule has 0 unspecified atom stereocenters. The van der Waals surface area contributed by atoms with E-state index < -0.39 is 33.6 Å². The summed E-state index contributed by atoms with van der Waals surface area (Å²) in [5, 5.41) is 2.87. The second-order valence-corrected chi connectivity index (χ2v) is 9.46. The highest BCUT2D eigenvalue weighted by Gasteiger charge is 2.33. The number of amides is 1. The first-order valence-electron chi connectivity index (χ1n) is 9.25. The van der Waals surface area contributed by atoms with Crippen molar-refractivity contribution in [2.75, 3.05) is 18.4 Å². The van der Waals surface area contributed by atoms with E-state index in [0.717, 1.165) is 12.1 Å². The molecule has 0 aliphatic carbocycles. The number of sulfonamides is 1. The summed E-state index contributed by atoms with van der Waals surface area (Å²) in [5.74, 6) is -1.13. The van der Waals surface area contributed by atoms with Gasteiger partial charge in [-0.15, -0.1) is 0 Å². The van der Waals surface area contributed by atoms with Gasteiger partial charge in [-0.25, -0.2) is 12.7 Å². The second kappa shape index (κ2) is 8.95. The molecular weight excluding hydrogens is 441 g/mol. The van der Waals surface area contributed by atoms with Crippen LogP contribution in [0.3, 0.4) is 0 Å². The number of piperidine rings is 1. The molecule has 0 atom stereocenters. The summed E-state index contributed by atoms with van der Waals surface area (Å²) in [6.07, 6.45) is -3.93. The molecule has 162 valence electrons. The number of benzene rings is 2. The third kappa shape index (κ3) is 5.53. The van der Waals surface area contributed by atoms with Crippen molar-refractivity contribution < 1.29 is 26.4 Å². The SMILES string of the molecule is O=C(Nc1cccc(C(F)(F)F)c1)C1CCN(S(=O)(=O)Cc2ccccc2Cl)CC1. The van der Waals surface area contributed by atoms with E-state index in [0.29, 0.717) is 10.6 Å². The van der Waals surface area contributed by atoms with Gasteiger partial charge in [-0.1, -0.05) is 35.9 Å². The van der Waals surface area contributed by atoms with Gasteiger partial charge in [0.25, 0.3) is 0 Å². The lowest BCUT2D eigenvalue weighted by molar-refractivity contribution is -0.137. The van der Waals surface area contributed by atoms with Crippen LogP contribution in [0.15, 0.2) is 48.5 Å². The number of carbonyl (C=O) groups is 1. The third-order valence-corrected chi connectivity index (χ3v) is 7.17. The van der Waals surface area contributed by atoms with Crippen LogP contribution in [0.2, 0.25) is 5.02 Å². The average Bonchev–Trinajstić information content (AvgIpc) is 2.69. The van der Waals surface area contributed by atoms with Crippen molar-refractivity contribution in [2.24, 2.45) is 5.92 Å². The molecule has 0 bridgehead atoms. The molecule has 2 aromatic carbocycles. The van der Waals surface area contributed by atoms with Gasteiger partial charge in [-0.3, -0.25) is 4.79 Å². The maximum absolute atomic E-state index is 12.8. The van der Waals surface area contributed by atoms with E-state index in [1.54, 1.807) is 24.3 Å². The molecule has 1 N–H and O–H groups in total. The van der Waals surface area contributed by atoms with Crippen LogP contribution < -0.4 is 5.32 Å². The monoisotopic (exact) mass is 460 g/mol. The van der Waals surface area contributed by atoms with E-state index in [1.807, 2.05) is 0 Å². The molecule has 10 heteroatoms. The molecule has 0 saturated carbocycles. The molecule has 5 nitrogen and oxygen atoms in total. The Balaban J connectivity index is 1.59. The Morgan fingerprint density at radius 3 is 2.40 bits per heavy atom. The molecule has 3 rings (SSSR count). The Labute approximate surface area is 177 Å². The van der Waals surface area contributed by atoms with E-state index in [9.17, 15) is 26.4 Å². The zero-order valence-corrected chi connectivity index (χ0v) is 17.4. The highest BCUT2D eigenvalue weighted by atomic mass is 35.5. The maximum Gasteiger partial charge on any atom is 0.416 e. The standard InChI is InChI=1S/C20H20ClF3N2O3S/c21-18-7-2-1-4-15(18)13-30(28,29)26-10-8-14(9-11-26)19(27)25-17-6-3-5-16(12-17)20(22,23)24/h1-7,12,14H,8-11,13H2,(H,25,27). The summed E-state index contributed by atoms with van der Waals surface area (Å²) >= 11 is 6.04. The minimum atomic E-state index is -4.50. The summed E-state index contributed by atoms with van der Waals surface area (Å²) in [4.78, 5) is 12.4. The first-order valence-corrected chi connectivity index (χ1v) is 11.2. The Morgan fingerprint density at radius 1 is 1.10 bits per heavy atom. The van der Waals surface area contributed by atoms with Crippen LogP contribution in [0.4, 0.5) is 18.9 Å². The van der Waals surface area contributed by atoms with Crippen LogP contribution in [0, 0.1) is 5.92 Å². The van der Waals surface area contributed by atoms with Gasteiger partial charge in [-0.2, -0.15) is 13.2 Å². The lowest BCUT2D eigenvalue weighted by atomic mass is 9.97. The summed E-state index contributed by atoms with van der Waals surface area (Å²) in [5.41, 5.74) is -0.284. The van der Waals surface area contributed by atoms with Gasteiger partial charge in [0.15, 0.2) is 0 Å². The van der Waals surface area contributed by atoms with Crippen molar-refractivity contribution in [3.63, 3.8) is 0 Å². The van der Waals surface area contributed by atoms with Gasteiger partial charge in [0.2, 0.25) is 15.9 Å². The number of hydrogen-bond donors (Lipinski definition) is 1. The smallest absolute Gasteiger partial charge is 0.326 e. The molecule has 0 radical (unpaired) electrons. The van der Waals surface area contributed by atoms with Crippen molar-refractivity contribution in [2.45, 2.75) is 24.8 Å².